The van der Waals surface area contributed by atoms with Crippen LogP contribution in [0.3, 0.4) is 0 Å². The highest BCUT2D eigenvalue weighted by Gasteiger charge is 2.52. The summed E-state index contributed by atoms with van der Waals surface area (Å²) in [6, 6.07) is 22.2. The molecule has 0 bridgehead atoms. The highest BCUT2D eigenvalue weighted by molar-refractivity contribution is 5.75. The number of fused-ring (bicyclic) bond motifs is 3. The first-order valence-corrected chi connectivity index (χ1v) is 24.5. The first kappa shape index (κ1) is 51.9. The Bertz CT molecular complexity index is 3820. The van der Waals surface area contributed by atoms with Crippen molar-refractivity contribution in [2.45, 2.75) is 54.4 Å². The zero-order valence-electron chi connectivity index (χ0n) is 41.1. The van der Waals surface area contributed by atoms with Crippen LogP contribution in [0.25, 0.3) is 12.2 Å². The van der Waals surface area contributed by atoms with Gasteiger partial charge >= 0.3 is 0 Å². The quantitative estimate of drug-likeness (QED) is 0.0523. The van der Waals surface area contributed by atoms with Crippen LogP contribution in [0.15, 0.2) is 115 Å². The van der Waals surface area contributed by atoms with E-state index >= 15 is 0 Å². The second-order valence-electron chi connectivity index (χ2n) is 19.7. The van der Waals surface area contributed by atoms with Crippen molar-refractivity contribution in [3.63, 3.8) is 0 Å². The number of rotatable bonds is 8. The highest BCUT2D eigenvalue weighted by atomic mass is 16.5. The SMILES string of the molecule is Oc1ccc(/C=C/c2cc(O)c([C@H]3c4c(O)cc(O)c([C@H]5c6c(O)cc(O)c([C@H]7c8c(O)cc(O)cc8O[C@H](c8ccc(O)c(O)c8)[C@@H]7O)c6O[C@H](c6ccc(O)c(O)c6)[C@@H]5O)c4O[C@H](c4ccc(O)c(O)c4)[C@@H]3O)c(O)c2)cc1. The second kappa shape index (κ2) is 19.4. The van der Waals surface area contributed by atoms with Gasteiger partial charge in [0.05, 0.1) is 17.8 Å². The van der Waals surface area contributed by atoms with E-state index in [9.17, 15) is 91.9 Å². The first-order chi connectivity index (χ1) is 38.1. The number of phenols is 15. The van der Waals surface area contributed by atoms with Gasteiger partial charge in [-0.3, -0.25) is 0 Å². The Morgan fingerprint density at radius 3 is 1.04 bits per heavy atom. The number of aliphatic hydroxyl groups excluding tert-OH is 3. The number of phenolic OH excluding ortho intramolecular Hbond substituents is 15. The Hall–Kier alpha value is -10.2. The summed E-state index contributed by atoms with van der Waals surface area (Å²) in [5, 5.41) is 206. The Kier molecular flexibility index (Phi) is 12.5. The summed E-state index contributed by atoms with van der Waals surface area (Å²) in [5.41, 5.74) is -1.92. The molecule has 0 aliphatic carbocycles. The van der Waals surface area contributed by atoms with Gasteiger partial charge in [-0.05, 0) is 88.5 Å². The van der Waals surface area contributed by atoms with Gasteiger partial charge in [-0.25, -0.2) is 0 Å². The highest BCUT2D eigenvalue weighted by Crippen LogP contribution is 2.64. The fourth-order valence-corrected chi connectivity index (χ4v) is 11.2. The molecule has 3 aliphatic rings. The van der Waals surface area contributed by atoms with Gasteiger partial charge < -0.3 is 106 Å². The minimum absolute atomic E-state index is 0.0140. The van der Waals surface area contributed by atoms with Gasteiger partial charge in [-0.15, -0.1) is 0 Å². The third kappa shape index (κ3) is 8.57. The van der Waals surface area contributed by atoms with Crippen LogP contribution in [0, 0.1) is 0 Å². The number of aromatic hydroxyl groups is 15. The molecule has 0 spiro atoms. The molecule has 8 aromatic carbocycles. The summed E-state index contributed by atoms with van der Waals surface area (Å²) in [7, 11) is 0. The van der Waals surface area contributed by atoms with Crippen LogP contribution >= 0.6 is 0 Å². The van der Waals surface area contributed by atoms with Gasteiger partial charge in [0.2, 0.25) is 0 Å². The molecular formula is C59H48O21. The zero-order chi connectivity index (χ0) is 56.9. The van der Waals surface area contributed by atoms with E-state index in [0.29, 0.717) is 5.56 Å². The van der Waals surface area contributed by atoms with Crippen LogP contribution < -0.4 is 14.2 Å². The summed E-state index contributed by atoms with van der Waals surface area (Å²) in [6.07, 6.45) is -7.95. The Morgan fingerprint density at radius 1 is 0.275 bits per heavy atom. The molecule has 3 heterocycles. The smallest absolute Gasteiger partial charge is 0.157 e. The molecular weight excluding hydrogens is 1040 g/mol. The lowest BCUT2D eigenvalue weighted by Crippen LogP contribution is -2.39. The number of ether oxygens (including phenoxy) is 3. The molecule has 0 radical (unpaired) electrons. The van der Waals surface area contributed by atoms with Crippen LogP contribution in [0.5, 0.6) is 103 Å². The number of aliphatic hydroxyl groups is 3. The van der Waals surface area contributed by atoms with E-state index in [0.717, 1.165) is 60.7 Å². The molecule has 0 saturated carbocycles. The van der Waals surface area contributed by atoms with Crippen molar-refractivity contribution in [1.29, 1.82) is 0 Å². The maximum atomic E-state index is 12.9. The first-order valence-electron chi connectivity index (χ1n) is 24.5. The van der Waals surface area contributed by atoms with E-state index in [2.05, 4.69) is 0 Å². The fourth-order valence-electron chi connectivity index (χ4n) is 11.2. The predicted molar refractivity (Wildman–Crippen MR) is 279 cm³/mol. The molecule has 11 rings (SSSR count). The molecule has 0 saturated heterocycles. The van der Waals surface area contributed by atoms with Gasteiger partial charge in [0.15, 0.2) is 52.8 Å². The lowest BCUT2D eigenvalue weighted by molar-refractivity contribution is -0.00762. The van der Waals surface area contributed by atoms with Gasteiger partial charge in [-0.1, -0.05) is 42.5 Å². The van der Waals surface area contributed by atoms with Gasteiger partial charge in [-0.2, -0.15) is 0 Å². The fraction of sp³-hybridized carbons (Fsp3) is 0.153. The van der Waals surface area contributed by atoms with Crippen LogP contribution in [0.4, 0.5) is 0 Å². The standard InChI is InChI=1S/C59H48O21/c60-27-8-3-22(4-9-27)1-2-23-13-35(68)43(36(69)14-23)49-45-38(71)20-40(73)47(58(45)79-56(52(49)75)25-6-11-30(63)33(66)16-25)51-48-41(74)21-39(72)46(59(48)80-57(54(51)77)26-7-12-31(64)34(67)17-26)50-44-37(70)18-28(61)19-42(44)78-55(53(50)76)24-5-10-29(62)32(65)15-24/h1-21,49-57,60-77H/b2-1+/t49-,50+,51-,52+,53+,54+,55+,56+,57+/m0/s1. The minimum Gasteiger partial charge on any atom is -0.508 e. The molecule has 21 nitrogen and oxygen atoms in total. The number of hydrogen-bond donors (Lipinski definition) is 18. The molecule has 8 aromatic rings. The van der Waals surface area contributed by atoms with Crippen molar-refractivity contribution >= 4 is 12.2 Å². The lowest BCUT2D eigenvalue weighted by Gasteiger charge is -2.44. The third-order valence-corrected chi connectivity index (χ3v) is 14.8. The van der Waals surface area contributed by atoms with Crippen LogP contribution in [0.2, 0.25) is 0 Å². The van der Waals surface area contributed by atoms with Crippen molar-refractivity contribution in [2.24, 2.45) is 0 Å². The molecule has 0 amide bonds. The summed E-state index contributed by atoms with van der Waals surface area (Å²) in [5.74, 6) is -16.6. The summed E-state index contributed by atoms with van der Waals surface area (Å²) in [4.78, 5) is 0. The normalized spacial score (nSPS) is 22.1. The maximum absolute atomic E-state index is 12.9. The lowest BCUT2D eigenvalue weighted by atomic mass is 9.72. The summed E-state index contributed by atoms with van der Waals surface area (Å²) in [6.45, 7) is 0. The van der Waals surface area contributed by atoms with Crippen molar-refractivity contribution in [3.8, 4) is 103 Å². The molecule has 0 fully saturated rings. The van der Waals surface area contributed by atoms with Crippen LogP contribution in [-0.2, 0) is 0 Å². The Morgan fingerprint density at radius 2 is 0.625 bits per heavy atom. The Labute approximate surface area is 451 Å². The van der Waals surface area contributed by atoms with Crippen molar-refractivity contribution in [2.75, 3.05) is 0 Å². The van der Waals surface area contributed by atoms with Gasteiger partial charge in [0.1, 0.15) is 87.3 Å². The van der Waals surface area contributed by atoms with Gasteiger partial charge in [0, 0.05) is 57.6 Å². The molecule has 0 aromatic heterocycles. The van der Waals surface area contributed by atoms with E-state index in [4.69, 9.17) is 14.2 Å². The van der Waals surface area contributed by atoms with E-state index in [1.807, 2.05) is 0 Å². The molecule has 9 atom stereocenters. The van der Waals surface area contributed by atoms with E-state index in [1.165, 1.54) is 48.5 Å². The molecule has 80 heavy (non-hydrogen) atoms. The zero-order valence-corrected chi connectivity index (χ0v) is 41.1. The molecule has 410 valence electrons. The molecule has 3 aliphatic heterocycles. The molecule has 18 N–H and O–H groups in total. The summed E-state index contributed by atoms with van der Waals surface area (Å²) >= 11 is 0. The van der Waals surface area contributed by atoms with Crippen LogP contribution in [0.1, 0.15) is 97.3 Å². The van der Waals surface area contributed by atoms with Crippen molar-refractivity contribution in [1.82, 2.24) is 0 Å². The molecule has 21 heteroatoms. The largest absolute Gasteiger partial charge is 0.508 e. The van der Waals surface area contributed by atoms with Crippen molar-refractivity contribution in [3.05, 3.63) is 176 Å². The Balaban J connectivity index is 1.17. The minimum atomic E-state index is -2.09. The van der Waals surface area contributed by atoms with E-state index < -0.39 is 174 Å². The molecule has 0 unspecified atom stereocenters. The number of hydrogen-bond acceptors (Lipinski definition) is 21. The maximum Gasteiger partial charge on any atom is 0.157 e. The van der Waals surface area contributed by atoms with E-state index in [1.54, 1.807) is 18.2 Å². The average Bonchev–Trinajstić information content (AvgIpc) is 1.77. The van der Waals surface area contributed by atoms with Crippen molar-refractivity contribution < 1.29 is 106 Å². The third-order valence-electron chi connectivity index (χ3n) is 14.8. The van der Waals surface area contributed by atoms with Gasteiger partial charge in [0.25, 0.3) is 0 Å². The van der Waals surface area contributed by atoms with Crippen LogP contribution in [-0.4, -0.2) is 110 Å². The number of benzene rings is 8. The monoisotopic (exact) mass is 1090 g/mol. The average molecular weight is 1090 g/mol. The topological polar surface area (TPSA) is 392 Å². The summed E-state index contributed by atoms with van der Waals surface area (Å²) < 4.78 is 19.3. The second-order valence-corrected chi connectivity index (χ2v) is 19.7. The predicted octanol–water partition coefficient (Wildman–Crippen LogP) is 7.32. The van der Waals surface area contributed by atoms with E-state index in [-0.39, 0.29) is 39.3 Å².